The van der Waals surface area contributed by atoms with E-state index < -0.39 is 11.7 Å². The van der Waals surface area contributed by atoms with Crippen molar-refractivity contribution in [3.8, 4) is 0 Å². The Morgan fingerprint density at radius 1 is 1.29 bits per heavy atom. The van der Waals surface area contributed by atoms with Crippen LogP contribution < -0.4 is 5.32 Å². The number of benzene rings is 1. The summed E-state index contributed by atoms with van der Waals surface area (Å²) >= 11 is 0. The molecule has 0 spiro atoms. The second-order valence-corrected chi connectivity index (χ2v) is 6.06. The molecule has 118 valence electrons. The number of hydrogen-bond acceptors (Lipinski definition) is 2. The topological polar surface area (TPSA) is 15.3 Å². The molecule has 2 nitrogen and oxygen atoms in total. The largest absolute Gasteiger partial charge is 0.416 e. The van der Waals surface area contributed by atoms with Crippen molar-refractivity contribution in [2.45, 2.75) is 44.9 Å². The summed E-state index contributed by atoms with van der Waals surface area (Å²) in [5.41, 5.74) is -0.172. The van der Waals surface area contributed by atoms with Crippen molar-refractivity contribution >= 4 is 0 Å². The van der Waals surface area contributed by atoms with Gasteiger partial charge in [0.15, 0.2) is 0 Å². The van der Waals surface area contributed by atoms with E-state index >= 15 is 0 Å². The molecule has 0 aliphatic carbocycles. The summed E-state index contributed by atoms with van der Waals surface area (Å²) in [5.74, 6) is 0. The van der Waals surface area contributed by atoms with E-state index in [4.69, 9.17) is 0 Å². The van der Waals surface area contributed by atoms with Crippen molar-refractivity contribution in [2.24, 2.45) is 0 Å². The zero-order valence-corrected chi connectivity index (χ0v) is 12.6. The molecule has 21 heavy (non-hydrogen) atoms. The number of halogens is 3. The smallest absolute Gasteiger partial charge is 0.310 e. The molecule has 0 bridgehead atoms. The van der Waals surface area contributed by atoms with Crippen LogP contribution in [0.25, 0.3) is 0 Å². The second kappa shape index (κ2) is 6.36. The highest BCUT2D eigenvalue weighted by molar-refractivity contribution is 5.29. The minimum atomic E-state index is -4.28. The van der Waals surface area contributed by atoms with Crippen LogP contribution in [-0.2, 0) is 12.7 Å². The van der Waals surface area contributed by atoms with Crippen LogP contribution in [0.2, 0.25) is 0 Å². The van der Waals surface area contributed by atoms with E-state index in [-0.39, 0.29) is 5.54 Å². The van der Waals surface area contributed by atoms with E-state index in [0.29, 0.717) is 12.1 Å². The molecule has 1 N–H and O–H groups in total. The highest BCUT2D eigenvalue weighted by Crippen LogP contribution is 2.32. The molecule has 1 aromatic rings. The van der Waals surface area contributed by atoms with Gasteiger partial charge in [-0.1, -0.05) is 25.1 Å². The third-order valence-electron chi connectivity index (χ3n) is 4.27. The van der Waals surface area contributed by atoms with Gasteiger partial charge in [-0.15, -0.1) is 0 Å². The van der Waals surface area contributed by atoms with Crippen LogP contribution in [-0.4, -0.2) is 30.1 Å². The van der Waals surface area contributed by atoms with Crippen LogP contribution in [0, 0.1) is 0 Å². The van der Waals surface area contributed by atoms with Crippen LogP contribution in [0.15, 0.2) is 24.3 Å². The number of hydrogen-bond donors (Lipinski definition) is 1. The van der Waals surface area contributed by atoms with Crippen molar-refractivity contribution in [1.82, 2.24) is 10.2 Å². The van der Waals surface area contributed by atoms with Crippen LogP contribution in [0.3, 0.4) is 0 Å². The monoisotopic (exact) mass is 300 g/mol. The maximum absolute atomic E-state index is 13.1. The lowest BCUT2D eigenvalue weighted by Crippen LogP contribution is -2.48. The van der Waals surface area contributed by atoms with E-state index in [0.717, 1.165) is 32.5 Å². The van der Waals surface area contributed by atoms with Crippen molar-refractivity contribution in [1.29, 1.82) is 0 Å². The van der Waals surface area contributed by atoms with Gasteiger partial charge in [0, 0.05) is 18.6 Å². The fraction of sp³-hybridized carbons (Fsp3) is 0.625. The van der Waals surface area contributed by atoms with Crippen LogP contribution in [0.5, 0.6) is 0 Å². The fourth-order valence-electron chi connectivity index (χ4n) is 2.87. The van der Waals surface area contributed by atoms with Gasteiger partial charge in [0.05, 0.1) is 5.56 Å². The van der Waals surface area contributed by atoms with Crippen LogP contribution >= 0.6 is 0 Å². The molecule has 0 saturated carbocycles. The number of rotatable bonds is 3. The molecule has 1 aliphatic rings. The summed E-state index contributed by atoms with van der Waals surface area (Å²) in [4.78, 5) is 2.13. The summed E-state index contributed by atoms with van der Waals surface area (Å²) in [6.45, 7) is 7.13. The SMILES string of the molecule is CCC1(C)CN(Cc2ccccc2C(F)(F)F)CCCN1. The summed E-state index contributed by atoms with van der Waals surface area (Å²) in [7, 11) is 0. The molecular formula is C16H23F3N2. The normalized spacial score (nSPS) is 24.8. The Kier molecular flexibility index (Phi) is 4.94. The van der Waals surface area contributed by atoms with Gasteiger partial charge in [-0.2, -0.15) is 13.2 Å². The third-order valence-corrected chi connectivity index (χ3v) is 4.27. The highest BCUT2D eigenvalue weighted by atomic mass is 19.4. The third kappa shape index (κ3) is 4.20. The highest BCUT2D eigenvalue weighted by Gasteiger charge is 2.34. The summed E-state index contributed by atoms with van der Waals surface area (Å²) < 4.78 is 39.2. The lowest BCUT2D eigenvalue weighted by atomic mass is 9.98. The second-order valence-electron chi connectivity index (χ2n) is 6.06. The average molecular weight is 300 g/mol. The standard InChI is InChI=1S/C16H23F3N2/c1-3-15(2)12-21(10-6-9-20-15)11-13-7-4-5-8-14(13)16(17,18)19/h4-5,7-8,20H,3,6,9-12H2,1-2H3. The zero-order chi connectivity index (χ0) is 15.5. The van der Waals surface area contributed by atoms with Gasteiger partial charge in [0.25, 0.3) is 0 Å². The molecule has 5 heteroatoms. The molecule has 2 rings (SSSR count). The average Bonchev–Trinajstić information content (AvgIpc) is 2.61. The Morgan fingerprint density at radius 2 is 2.00 bits per heavy atom. The van der Waals surface area contributed by atoms with Crippen molar-refractivity contribution in [2.75, 3.05) is 19.6 Å². The van der Waals surface area contributed by atoms with E-state index in [9.17, 15) is 13.2 Å². The number of nitrogens with one attached hydrogen (secondary N) is 1. The maximum Gasteiger partial charge on any atom is 0.416 e. The molecular weight excluding hydrogens is 277 g/mol. The quantitative estimate of drug-likeness (QED) is 0.916. The van der Waals surface area contributed by atoms with Gasteiger partial charge >= 0.3 is 6.18 Å². The molecule has 1 aliphatic heterocycles. The van der Waals surface area contributed by atoms with Crippen LogP contribution in [0.1, 0.15) is 37.8 Å². The Bertz CT molecular complexity index is 473. The van der Waals surface area contributed by atoms with Crippen molar-refractivity contribution in [3.63, 3.8) is 0 Å². The van der Waals surface area contributed by atoms with E-state index in [1.54, 1.807) is 12.1 Å². The Hall–Kier alpha value is -1.07. The molecule has 1 unspecified atom stereocenters. The van der Waals surface area contributed by atoms with Gasteiger partial charge in [0.1, 0.15) is 0 Å². The molecule has 1 heterocycles. The maximum atomic E-state index is 13.1. The molecule has 1 aromatic carbocycles. The summed E-state index contributed by atoms with van der Waals surface area (Å²) in [5, 5.41) is 3.50. The zero-order valence-electron chi connectivity index (χ0n) is 12.6. The lowest BCUT2D eigenvalue weighted by Gasteiger charge is -2.33. The molecule has 1 saturated heterocycles. The van der Waals surface area contributed by atoms with Gasteiger partial charge in [-0.05, 0) is 44.5 Å². The summed E-state index contributed by atoms with van der Waals surface area (Å²) in [6.07, 6.45) is -2.36. The molecule has 0 aromatic heterocycles. The summed E-state index contributed by atoms with van der Waals surface area (Å²) in [6, 6.07) is 5.89. The van der Waals surface area contributed by atoms with Crippen molar-refractivity contribution < 1.29 is 13.2 Å². The minimum Gasteiger partial charge on any atom is -0.310 e. The number of nitrogens with zero attached hydrogens (tertiary/aromatic N) is 1. The van der Waals surface area contributed by atoms with Gasteiger partial charge in [-0.25, -0.2) is 0 Å². The van der Waals surface area contributed by atoms with Crippen LogP contribution in [0.4, 0.5) is 13.2 Å². The first-order chi connectivity index (χ1) is 9.84. The first-order valence-electron chi connectivity index (χ1n) is 7.46. The lowest BCUT2D eigenvalue weighted by molar-refractivity contribution is -0.138. The Morgan fingerprint density at radius 3 is 2.67 bits per heavy atom. The first-order valence-corrected chi connectivity index (χ1v) is 7.46. The van der Waals surface area contributed by atoms with Gasteiger partial charge < -0.3 is 5.32 Å². The van der Waals surface area contributed by atoms with E-state index in [1.165, 1.54) is 12.1 Å². The number of alkyl halides is 3. The fourth-order valence-corrected chi connectivity index (χ4v) is 2.87. The minimum absolute atomic E-state index is 0.0241. The molecule has 1 atom stereocenters. The molecule has 1 fully saturated rings. The molecule has 0 radical (unpaired) electrons. The Labute approximate surface area is 124 Å². The molecule has 0 amide bonds. The predicted octanol–water partition coefficient (Wildman–Crippen LogP) is 3.67. The van der Waals surface area contributed by atoms with Gasteiger partial charge in [0.2, 0.25) is 0 Å². The van der Waals surface area contributed by atoms with Crippen molar-refractivity contribution in [3.05, 3.63) is 35.4 Å². The van der Waals surface area contributed by atoms with Gasteiger partial charge in [-0.3, -0.25) is 4.90 Å². The van der Waals surface area contributed by atoms with E-state index in [1.807, 2.05) is 0 Å². The predicted molar refractivity (Wildman–Crippen MR) is 78.0 cm³/mol. The Balaban J connectivity index is 2.18. The van der Waals surface area contributed by atoms with E-state index in [2.05, 4.69) is 24.1 Å². The first kappa shape index (κ1) is 16.3.